The van der Waals surface area contributed by atoms with E-state index in [1.54, 1.807) is 30.3 Å². The summed E-state index contributed by atoms with van der Waals surface area (Å²) >= 11 is 0. The molecule has 11 nitrogen and oxygen atoms in total. The topological polar surface area (TPSA) is 155 Å². The average molecular weight is 482 g/mol. The second-order valence-electron chi connectivity index (χ2n) is 7.44. The predicted octanol–water partition coefficient (Wildman–Crippen LogP) is 1.99. The van der Waals surface area contributed by atoms with Crippen LogP contribution < -0.4 is 21.5 Å². The van der Waals surface area contributed by atoms with Crippen molar-refractivity contribution in [2.45, 2.75) is 19.2 Å². The molecule has 2 aromatic carbocycles. The van der Waals surface area contributed by atoms with Gasteiger partial charge in [0.1, 0.15) is 6.61 Å². The van der Waals surface area contributed by atoms with Crippen molar-refractivity contribution in [1.29, 1.82) is 0 Å². The number of carbonyl (C=O) groups is 2. The zero-order chi connectivity index (χ0) is 25.0. The molecular formula is C24H27N5O6. The first-order chi connectivity index (χ1) is 17.0. The molecule has 35 heavy (non-hydrogen) atoms. The number of anilines is 1. The summed E-state index contributed by atoms with van der Waals surface area (Å²) in [6, 6.07) is 17.5. The van der Waals surface area contributed by atoms with Crippen molar-refractivity contribution in [3.05, 3.63) is 82.3 Å². The lowest BCUT2D eigenvalue weighted by Crippen LogP contribution is -2.48. The number of benzene rings is 2. The fraction of sp³-hybridized carbons (Fsp3) is 0.250. The molecule has 3 rings (SSSR count). The van der Waals surface area contributed by atoms with Crippen LogP contribution in [0.5, 0.6) is 0 Å². The summed E-state index contributed by atoms with van der Waals surface area (Å²) in [7, 11) is 1.27. The first-order valence-corrected chi connectivity index (χ1v) is 10.8. The quantitative estimate of drug-likeness (QED) is 0.276. The Bertz CT molecular complexity index is 1170. The van der Waals surface area contributed by atoms with Crippen LogP contribution in [-0.2, 0) is 22.5 Å². The summed E-state index contributed by atoms with van der Waals surface area (Å²) < 4.78 is 9.83. The normalized spacial score (nSPS) is 11.4. The van der Waals surface area contributed by atoms with E-state index < -0.39 is 23.9 Å². The van der Waals surface area contributed by atoms with Gasteiger partial charge in [0.15, 0.2) is 0 Å². The molecule has 184 valence electrons. The van der Waals surface area contributed by atoms with Crippen molar-refractivity contribution < 1.29 is 24.2 Å². The molecule has 0 saturated heterocycles. The number of H-pyrrole nitrogens is 1. The number of aliphatic hydroxyl groups excluding tert-OH is 1. The van der Waals surface area contributed by atoms with Gasteiger partial charge in [-0.2, -0.15) is 5.10 Å². The van der Waals surface area contributed by atoms with Gasteiger partial charge in [0.05, 0.1) is 31.1 Å². The van der Waals surface area contributed by atoms with E-state index in [1.165, 1.54) is 7.11 Å². The molecule has 0 radical (unpaired) electrons. The number of nitrogens with zero attached hydrogens (tertiary/aromatic N) is 1. The summed E-state index contributed by atoms with van der Waals surface area (Å²) in [6.45, 7) is 0.212. The summed E-state index contributed by atoms with van der Waals surface area (Å²) in [5.74, 6) is 0. The lowest BCUT2D eigenvalue weighted by molar-refractivity contribution is 0.132. The Labute approximate surface area is 201 Å². The van der Waals surface area contributed by atoms with Gasteiger partial charge < -0.3 is 19.9 Å². The number of rotatable bonds is 10. The van der Waals surface area contributed by atoms with Crippen LogP contribution in [0, 0.1) is 0 Å². The van der Waals surface area contributed by atoms with Crippen LogP contribution in [-0.4, -0.2) is 53.9 Å². The van der Waals surface area contributed by atoms with E-state index in [0.717, 1.165) is 5.56 Å². The van der Waals surface area contributed by atoms with Gasteiger partial charge in [-0.1, -0.05) is 42.5 Å². The standard InChI is InChI=1S/C24H27N5O6/c1-34-23(32)26-18-9-7-17(8-10-18)20-13-19(28-29-22(20)31)14-21(25-11-12-30)27-24(33)35-15-16-5-3-2-4-6-16/h2-10,13,21,25,30H,11-12,14-15H2,1H3,(H,26,32)(H,27,33)(H,29,31)/t21-/m0/s1. The van der Waals surface area contributed by atoms with Crippen molar-refractivity contribution in [2.24, 2.45) is 0 Å². The van der Waals surface area contributed by atoms with Crippen molar-refractivity contribution in [1.82, 2.24) is 20.8 Å². The SMILES string of the molecule is COC(=O)Nc1ccc(-c2cc(C[C@@H](NCCO)NC(=O)OCc3ccccc3)n[nH]c2=O)cc1. The second-order valence-corrected chi connectivity index (χ2v) is 7.44. The Morgan fingerprint density at radius 1 is 1.09 bits per heavy atom. The molecule has 0 unspecified atom stereocenters. The van der Waals surface area contributed by atoms with Gasteiger partial charge in [-0.25, -0.2) is 14.7 Å². The number of methoxy groups -OCH3 is 1. The third kappa shape index (κ3) is 7.95. The molecule has 0 fully saturated rings. The number of aliphatic hydroxyl groups is 1. The molecule has 3 aromatic rings. The highest BCUT2D eigenvalue weighted by atomic mass is 16.5. The van der Waals surface area contributed by atoms with Gasteiger partial charge in [-0.3, -0.25) is 15.4 Å². The monoisotopic (exact) mass is 481 g/mol. The van der Waals surface area contributed by atoms with E-state index >= 15 is 0 Å². The third-order valence-corrected chi connectivity index (χ3v) is 4.90. The lowest BCUT2D eigenvalue weighted by Gasteiger charge is -2.19. The number of nitrogens with one attached hydrogen (secondary N) is 4. The minimum Gasteiger partial charge on any atom is -0.453 e. The molecule has 0 aliphatic heterocycles. The number of alkyl carbamates (subject to hydrolysis) is 1. The van der Waals surface area contributed by atoms with Crippen LogP contribution in [0.15, 0.2) is 65.5 Å². The fourth-order valence-electron chi connectivity index (χ4n) is 3.20. The van der Waals surface area contributed by atoms with Crippen molar-refractivity contribution in [2.75, 3.05) is 25.6 Å². The number of ether oxygens (including phenoxy) is 2. The Morgan fingerprint density at radius 3 is 2.51 bits per heavy atom. The number of hydrogen-bond acceptors (Lipinski definition) is 8. The maximum atomic E-state index is 12.4. The molecule has 0 saturated carbocycles. The second kappa shape index (κ2) is 12.9. The maximum absolute atomic E-state index is 12.4. The summed E-state index contributed by atoms with van der Waals surface area (Å²) in [6.07, 6.45) is -1.63. The van der Waals surface area contributed by atoms with Gasteiger partial charge in [-0.15, -0.1) is 0 Å². The van der Waals surface area contributed by atoms with Gasteiger partial charge in [0.25, 0.3) is 5.56 Å². The maximum Gasteiger partial charge on any atom is 0.411 e. The molecule has 0 spiro atoms. The van der Waals surface area contributed by atoms with Gasteiger partial charge in [0, 0.05) is 18.7 Å². The Hall–Kier alpha value is -4.22. The Morgan fingerprint density at radius 2 is 1.83 bits per heavy atom. The minimum absolute atomic E-state index is 0.112. The van der Waals surface area contributed by atoms with Crippen LogP contribution in [0.3, 0.4) is 0 Å². The molecule has 0 aliphatic rings. The van der Waals surface area contributed by atoms with E-state index in [2.05, 4.69) is 30.9 Å². The molecule has 1 atom stereocenters. The molecule has 2 amide bonds. The van der Waals surface area contributed by atoms with E-state index in [-0.39, 0.29) is 26.2 Å². The fourth-order valence-corrected chi connectivity index (χ4v) is 3.20. The minimum atomic E-state index is -0.636. The van der Waals surface area contributed by atoms with E-state index in [9.17, 15) is 19.5 Å². The van der Waals surface area contributed by atoms with Gasteiger partial charge >= 0.3 is 12.2 Å². The molecule has 11 heteroatoms. The number of aromatic nitrogens is 2. The van der Waals surface area contributed by atoms with E-state index in [1.807, 2.05) is 30.3 Å². The first kappa shape index (κ1) is 25.4. The Balaban J connectivity index is 1.68. The molecule has 5 N–H and O–H groups in total. The molecule has 0 aliphatic carbocycles. The summed E-state index contributed by atoms with van der Waals surface area (Å²) in [4.78, 5) is 36.0. The number of carbonyl (C=O) groups excluding carboxylic acids is 2. The van der Waals surface area contributed by atoms with Crippen LogP contribution >= 0.6 is 0 Å². The zero-order valence-corrected chi connectivity index (χ0v) is 19.1. The van der Waals surface area contributed by atoms with Crippen molar-refractivity contribution >= 4 is 17.9 Å². The summed E-state index contributed by atoms with van der Waals surface area (Å²) in [5.41, 5.74) is 2.44. The highest BCUT2D eigenvalue weighted by molar-refractivity contribution is 5.85. The highest BCUT2D eigenvalue weighted by Gasteiger charge is 2.16. The molecule has 1 heterocycles. The molecular weight excluding hydrogens is 454 g/mol. The molecule has 1 aromatic heterocycles. The van der Waals surface area contributed by atoms with E-state index in [4.69, 9.17) is 4.74 Å². The average Bonchev–Trinajstić information content (AvgIpc) is 2.88. The first-order valence-electron chi connectivity index (χ1n) is 10.8. The van der Waals surface area contributed by atoms with Crippen LogP contribution in [0.25, 0.3) is 11.1 Å². The summed E-state index contributed by atoms with van der Waals surface area (Å²) in [5, 5.41) is 24.0. The lowest BCUT2D eigenvalue weighted by atomic mass is 10.1. The number of aromatic amines is 1. The predicted molar refractivity (Wildman–Crippen MR) is 129 cm³/mol. The zero-order valence-electron chi connectivity index (χ0n) is 19.1. The van der Waals surface area contributed by atoms with Gasteiger partial charge in [0.2, 0.25) is 0 Å². The number of amides is 2. The van der Waals surface area contributed by atoms with Crippen LogP contribution in [0.1, 0.15) is 11.3 Å². The van der Waals surface area contributed by atoms with Gasteiger partial charge in [-0.05, 0) is 29.3 Å². The number of hydrogen-bond donors (Lipinski definition) is 5. The van der Waals surface area contributed by atoms with E-state index in [0.29, 0.717) is 22.5 Å². The van der Waals surface area contributed by atoms with Crippen molar-refractivity contribution in [3.8, 4) is 11.1 Å². The largest absolute Gasteiger partial charge is 0.453 e. The van der Waals surface area contributed by atoms with Crippen molar-refractivity contribution in [3.63, 3.8) is 0 Å². The Kier molecular flexibility index (Phi) is 9.34. The third-order valence-electron chi connectivity index (χ3n) is 4.90. The highest BCUT2D eigenvalue weighted by Crippen LogP contribution is 2.19. The smallest absolute Gasteiger partial charge is 0.411 e. The van der Waals surface area contributed by atoms with Crippen LogP contribution in [0.4, 0.5) is 15.3 Å². The molecule has 0 bridgehead atoms. The van der Waals surface area contributed by atoms with Crippen LogP contribution in [0.2, 0.25) is 0 Å².